The zero-order valence-corrected chi connectivity index (χ0v) is 12.7. The Balaban J connectivity index is 1.77. The quantitative estimate of drug-likeness (QED) is 0.463. The lowest BCUT2D eigenvalue weighted by molar-refractivity contribution is -0.811. The summed E-state index contributed by atoms with van der Waals surface area (Å²) in [5, 5.41) is 25.6. The van der Waals surface area contributed by atoms with E-state index in [0.29, 0.717) is 28.9 Å². The Kier molecular flexibility index (Phi) is 2.59. The van der Waals surface area contributed by atoms with Crippen molar-refractivity contribution < 1.29 is 19.5 Å². The molecule has 114 valence electrons. The van der Waals surface area contributed by atoms with Crippen LogP contribution in [-0.2, 0) is 10.3 Å². The molecule has 9 heteroatoms. The van der Waals surface area contributed by atoms with Crippen molar-refractivity contribution in [2.24, 2.45) is 11.8 Å². The Morgan fingerprint density at radius 1 is 1.38 bits per heavy atom. The fourth-order valence-corrected chi connectivity index (χ4v) is 5.83. The molecule has 2 atom stereocenters. The molecule has 0 aromatic carbocycles. The highest BCUT2D eigenvalue weighted by atomic mass is 79.9. The Morgan fingerprint density at radius 2 is 2.05 bits per heavy atom. The van der Waals surface area contributed by atoms with Crippen molar-refractivity contribution in [3.05, 3.63) is 25.6 Å². The molecule has 8 nitrogen and oxygen atoms in total. The summed E-state index contributed by atoms with van der Waals surface area (Å²) < 4.78 is 4.97. The van der Waals surface area contributed by atoms with Gasteiger partial charge >= 0.3 is 0 Å². The van der Waals surface area contributed by atoms with Crippen molar-refractivity contribution in [2.45, 2.75) is 49.5 Å². The van der Waals surface area contributed by atoms with E-state index in [4.69, 9.17) is 4.84 Å². The van der Waals surface area contributed by atoms with Gasteiger partial charge in [0.1, 0.15) is 5.60 Å². The van der Waals surface area contributed by atoms with Gasteiger partial charge in [0.15, 0.2) is 0 Å². The van der Waals surface area contributed by atoms with Crippen molar-refractivity contribution in [3.63, 3.8) is 0 Å². The molecule has 0 unspecified atom stereocenters. The van der Waals surface area contributed by atoms with Crippen LogP contribution >= 0.6 is 15.9 Å². The van der Waals surface area contributed by atoms with Gasteiger partial charge in [-0.05, 0) is 55.3 Å². The van der Waals surface area contributed by atoms with Crippen molar-refractivity contribution in [3.8, 4) is 0 Å². The van der Waals surface area contributed by atoms with E-state index in [1.54, 1.807) is 0 Å². The summed E-state index contributed by atoms with van der Waals surface area (Å²) >= 11 is 3.23. The topological polar surface area (TPSA) is 105 Å². The minimum absolute atomic E-state index is 0.278. The zero-order chi connectivity index (χ0) is 14.8. The first-order valence-corrected chi connectivity index (χ1v) is 7.80. The van der Waals surface area contributed by atoms with E-state index in [9.17, 15) is 15.3 Å². The van der Waals surface area contributed by atoms with Gasteiger partial charge in [0.2, 0.25) is 5.69 Å². The predicted molar refractivity (Wildman–Crippen MR) is 70.3 cm³/mol. The molecule has 4 saturated carbocycles. The molecule has 0 aliphatic heterocycles. The van der Waals surface area contributed by atoms with Crippen molar-refractivity contribution in [1.29, 1.82) is 0 Å². The van der Waals surface area contributed by atoms with E-state index < -0.39 is 10.7 Å². The average molecular weight is 360 g/mol. The molecular formula is C12H14BrN3O5. The number of halogens is 1. The molecule has 4 fully saturated rings. The molecule has 21 heavy (non-hydrogen) atoms. The van der Waals surface area contributed by atoms with Crippen LogP contribution in [0.1, 0.15) is 44.2 Å². The minimum atomic E-state index is -0.723. The summed E-state index contributed by atoms with van der Waals surface area (Å²) in [6, 6.07) is 0. The molecule has 4 aliphatic carbocycles. The molecule has 0 saturated heterocycles. The summed E-state index contributed by atoms with van der Waals surface area (Å²) in [5.41, 5.74) is -0.486. The molecule has 5 rings (SSSR count). The van der Waals surface area contributed by atoms with Crippen molar-refractivity contribution in [2.75, 3.05) is 0 Å². The van der Waals surface area contributed by atoms with Gasteiger partial charge < -0.3 is 10.0 Å². The molecule has 0 radical (unpaired) electrons. The third-order valence-corrected chi connectivity index (χ3v) is 6.01. The number of hydrogen-bond donors (Lipinski definition) is 0. The normalized spacial score (nSPS) is 40.4. The first-order chi connectivity index (χ1) is 9.91. The maximum absolute atomic E-state index is 11.5. The van der Waals surface area contributed by atoms with Crippen LogP contribution in [0.5, 0.6) is 0 Å². The first-order valence-electron chi connectivity index (χ1n) is 7.01. The average Bonchev–Trinajstić information content (AvgIpc) is 2.67. The highest BCUT2D eigenvalue weighted by Gasteiger charge is 2.63. The summed E-state index contributed by atoms with van der Waals surface area (Å²) in [6.45, 7) is 0. The van der Waals surface area contributed by atoms with Crippen molar-refractivity contribution >= 4 is 15.9 Å². The SMILES string of the molecule is O=[N+]([O-])OC12C[C@@H]3C[C@@H](C1)CC(c1no[n+]([O-])c1Br)(C3)C2. The molecule has 1 heterocycles. The third-order valence-electron chi connectivity index (χ3n) is 5.34. The summed E-state index contributed by atoms with van der Waals surface area (Å²) in [4.78, 5) is 16.3. The van der Waals surface area contributed by atoms with Gasteiger partial charge in [-0.2, -0.15) is 0 Å². The van der Waals surface area contributed by atoms with E-state index in [0.717, 1.165) is 32.1 Å². The van der Waals surface area contributed by atoms with Crippen LogP contribution in [0.3, 0.4) is 0 Å². The van der Waals surface area contributed by atoms with E-state index in [1.165, 1.54) is 0 Å². The monoisotopic (exact) mass is 359 g/mol. The van der Waals surface area contributed by atoms with Crippen LogP contribution in [0.4, 0.5) is 0 Å². The maximum Gasteiger partial charge on any atom is 0.295 e. The van der Waals surface area contributed by atoms with Crippen LogP contribution in [-0.4, -0.2) is 15.8 Å². The second kappa shape index (κ2) is 4.08. The number of aromatic nitrogens is 2. The smallest absolute Gasteiger partial charge is 0.295 e. The highest BCUT2D eigenvalue weighted by Crippen LogP contribution is 2.63. The van der Waals surface area contributed by atoms with Crippen LogP contribution in [0.15, 0.2) is 9.23 Å². The van der Waals surface area contributed by atoms with Gasteiger partial charge in [0.25, 0.3) is 9.69 Å². The van der Waals surface area contributed by atoms with Gasteiger partial charge in [0, 0.05) is 26.5 Å². The molecule has 0 N–H and O–H groups in total. The molecule has 0 amide bonds. The largest absolute Gasteiger partial charge is 0.359 e. The lowest BCUT2D eigenvalue weighted by Crippen LogP contribution is -2.59. The Bertz CT molecular complexity index is 604. The lowest BCUT2D eigenvalue weighted by atomic mass is 9.47. The number of nitrogens with zero attached hydrogens (tertiary/aromatic N) is 3. The Labute approximate surface area is 128 Å². The standard InChI is InChI=1S/C12H14BrN3O5/c13-10-9(14-21-15(10)17)11-2-7-1-8(3-11)5-12(4-7,6-11)20-16(18)19/h7-8H,1-6H2/t7-,8-,11?,12?/m1/s1. The second-order valence-electron chi connectivity index (χ2n) is 6.81. The van der Waals surface area contributed by atoms with Gasteiger partial charge in [-0.15, -0.1) is 10.1 Å². The summed E-state index contributed by atoms with van der Waals surface area (Å²) in [6.07, 6.45) is 4.82. The minimum Gasteiger partial charge on any atom is -0.359 e. The maximum atomic E-state index is 11.5. The molecule has 1 aromatic rings. The van der Waals surface area contributed by atoms with Crippen LogP contribution < -0.4 is 4.90 Å². The van der Waals surface area contributed by atoms with Crippen LogP contribution in [0.2, 0.25) is 0 Å². The summed E-state index contributed by atoms with van der Waals surface area (Å²) in [7, 11) is 0. The number of rotatable bonds is 3. The summed E-state index contributed by atoms with van der Waals surface area (Å²) in [5.74, 6) is 0.768. The van der Waals surface area contributed by atoms with Crippen molar-refractivity contribution in [1.82, 2.24) is 5.16 Å². The van der Waals surface area contributed by atoms with Gasteiger partial charge in [-0.1, -0.05) is 0 Å². The molecular weight excluding hydrogens is 346 g/mol. The molecule has 1 aromatic heterocycles. The Hall–Kier alpha value is -1.38. The third kappa shape index (κ3) is 1.86. The van der Waals surface area contributed by atoms with Gasteiger partial charge in [-0.25, -0.2) is 0 Å². The van der Waals surface area contributed by atoms with E-state index in [2.05, 4.69) is 25.7 Å². The van der Waals surface area contributed by atoms with E-state index >= 15 is 0 Å². The number of hydrogen-bond acceptors (Lipinski definition) is 6. The molecule has 4 bridgehead atoms. The zero-order valence-electron chi connectivity index (χ0n) is 11.2. The highest BCUT2D eigenvalue weighted by molar-refractivity contribution is 9.10. The van der Waals surface area contributed by atoms with Gasteiger partial charge in [0.05, 0.1) is 0 Å². The first kappa shape index (κ1) is 13.3. The molecule has 0 spiro atoms. The van der Waals surface area contributed by atoms with Crippen LogP contribution in [0, 0.1) is 27.2 Å². The van der Waals surface area contributed by atoms with E-state index in [1.807, 2.05) is 0 Å². The fraction of sp³-hybridized carbons (Fsp3) is 0.833. The van der Waals surface area contributed by atoms with E-state index in [-0.39, 0.29) is 10.0 Å². The molecule has 4 aliphatic rings. The fourth-order valence-electron chi connectivity index (χ4n) is 5.27. The van der Waals surface area contributed by atoms with Gasteiger partial charge in [-0.3, -0.25) is 4.63 Å². The predicted octanol–water partition coefficient (Wildman–Crippen LogP) is 1.87. The lowest BCUT2D eigenvalue weighted by Gasteiger charge is -2.59. The Morgan fingerprint density at radius 3 is 2.57 bits per heavy atom. The van der Waals surface area contributed by atoms with Crippen LogP contribution in [0.25, 0.3) is 0 Å². The second-order valence-corrected chi connectivity index (χ2v) is 7.56.